The number of carbonyl (C=O) groups excluding carboxylic acids is 1. The first-order chi connectivity index (χ1) is 17.6. The van der Waals surface area contributed by atoms with Crippen LogP contribution in [0.3, 0.4) is 0 Å². The van der Waals surface area contributed by atoms with E-state index >= 15 is 0 Å². The lowest BCUT2D eigenvalue weighted by atomic mass is 10.3. The normalized spacial score (nSPS) is 10.6. The van der Waals surface area contributed by atoms with Gasteiger partial charge in [0.25, 0.3) is 0 Å². The summed E-state index contributed by atoms with van der Waals surface area (Å²) < 4.78 is 18.5. The molecule has 0 radical (unpaired) electrons. The summed E-state index contributed by atoms with van der Waals surface area (Å²) in [4.78, 5) is 12.6. The molecule has 0 fully saturated rings. The summed E-state index contributed by atoms with van der Waals surface area (Å²) in [7, 11) is 1.60. The number of thioether (sulfide) groups is 1. The monoisotopic (exact) mass is 524 g/mol. The highest BCUT2D eigenvalue weighted by atomic mass is 35.5. The van der Waals surface area contributed by atoms with E-state index in [-0.39, 0.29) is 18.3 Å². The number of aromatic nitrogens is 3. The number of rotatable bonds is 11. The van der Waals surface area contributed by atoms with Gasteiger partial charge in [-0.1, -0.05) is 23.4 Å². The van der Waals surface area contributed by atoms with Crippen LogP contribution in [0.2, 0.25) is 5.02 Å². The van der Waals surface area contributed by atoms with Crippen molar-refractivity contribution < 1.29 is 19.0 Å². The smallest absolute Gasteiger partial charge is 0.234 e. The molecular formula is C26H25ClN4O4S. The Balaban J connectivity index is 1.50. The van der Waals surface area contributed by atoms with E-state index in [0.717, 1.165) is 17.2 Å². The van der Waals surface area contributed by atoms with E-state index in [1.165, 1.54) is 11.8 Å². The molecule has 0 bridgehead atoms. The van der Waals surface area contributed by atoms with Gasteiger partial charge in [-0.05, 0) is 79.7 Å². The van der Waals surface area contributed by atoms with Gasteiger partial charge in [0, 0.05) is 16.4 Å². The van der Waals surface area contributed by atoms with Crippen LogP contribution in [0.4, 0.5) is 5.69 Å². The van der Waals surface area contributed by atoms with Crippen molar-refractivity contribution >= 4 is 35.0 Å². The number of hydrogen-bond acceptors (Lipinski definition) is 7. The number of ether oxygens (including phenoxy) is 3. The number of anilines is 1. The maximum Gasteiger partial charge on any atom is 0.234 e. The Labute approximate surface area is 218 Å². The van der Waals surface area contributed by atoms with Crippen LogP contribution < -0.4 is 19.5 Å². The summed E-state index contributed by atoms with van der Waals surface area (Å²) in [5.74, 6) is 2.73. The fourth-order valence-electron chi connectivity index (χ4n) is 3.28. The van der Waals surface area contributed by atoms with Gasteiger partial charge >= 0.3 is 0 Å². The van der Waals surface area contributed by atoms with Crippen molar-refractivity contribution in [1.29, 1.82) is 0 Å². The molecule has 1 heterocycles. The average Bonchev–Trinajstić information content (AvgIpc) is 3.31. The van der Waals surface area contributed by atoms with Crippen LogP contribution in [0.15, 0.2) is 78.0 Å². The number of nitrogens with one attached hydrogen (secondary N) is 1. The summed E-state index contributed by atoms with van der Waals surface area (Å²) in [6.45, 7) is 2.70. The molecule has 0 aliphatic rings. The SMILES string of the molecule is CCOc1ccc(-n2c(COc3ccc(Cl)cc3)nnc2SCC(=O)Nc2ccc(OC)cc2)cc1. The van der Waals surface area contributed by atoms with Gasteiger partial charge in [0.2, 0.25) is 5.91 Å². The van der Waals surface area contributed by atoms with Crippen LogP contribution in [-0.2, 0) is 11.4 Å². The molecule has 0 unspecified atom stereocenters. The molecule has 0 atom stereocenters. The van der Waals surface area contributed by atoms with Crippen LogP contribution in [0, 0.1) is 0 Å². The Bertz CT molecular complexity index is 1280. The second-order valence-electron chi connectivity index (χ2n) is 7.47. The Hall–Kier alpha value is -3.69. The number of hydrogen-bond donors (Lipinski definition) is 1. The lowest BCUT2D eigenvalue weighted by molar-refractivity contribution is -0.113. The molecule has 8 nitrogen and oxygen atoms in total. The summed E-state index contributed by atoms with van der Waals surface area (Å²) >= 11 is 7.25. The first kappa shape index (κ1) is 25.4. The molecule has 0 aliphatic carbocycles. The molecular weight excluding hydrogens is 500 g/mol. The highest BCUT2D eigenvalue weighted by Crippen LogP contribution is 2.25. The molecule has 0 saturated heterocycles. The number of amides is 1. The van der Waals surface area contributed by atoms with Gasteiger partial charge in [-0.3, -0.25) is 9.36 Å². The van der Waals surface area contributed by atoms with Crippen molar-refractivity contribution in [2.45, 2.75) is 18.7 Å². The summed E-state index contributed by atoms with van der Waals surface area (Å²) in [6.07, 6.45) is 0. The molecule has 4 rings (SSSR count). The van der Waals surface area contributed by atoms with Crippen LogP contribution >= 0.6 is 23.4 Å². The zero-order chi connectivity index (χ0) is 25.3. The first-order valence-electron chi connectivity index (χ1n) is 11.2. The third-order valence-corrected chi connectivity index (χ3v) is 6.17. The first-order valence-corrected chi connectivity index (χ1v) is 12.5. The second kappa shape index (κ2) is 12.3. The van der Waals surface area contributed by atoms with E-state index in [2.05, 4.69) is 15.5 Å². The van der Waals surface area contributed by atoms with Crippen molar-refractivity contribution in [2.24, 2.45) is 0 Å². The number of nitrogens with zero attached hydrogens (tertiary/aromatic N) is 3. The Morgan fingerprint density at radius 2 is 1.56 bits per heavy atom. The number of halogens is 1. The van der Waals surface area contributed by atoms with Crippen LogP contribution in [0.5, 0.6) is 17.2 Å². The molecule has 0 aliphatic heterocycles. The molecule has 10 heteroatoms. The third-order valence-electron chi connectivity index (χ3n) is 4.99. The van der Waals surface area contributed by atoms with Gasteiger partial charge in [-0.2, -0.15) is 0 Å². The second-order valence-corrected chi connectivity index (χ2v) is 8.85. The standard InChI is InChI=1S/C26H25ClN4O4S/c1-3-34-22-14-8-20(9-15-22)31-24(16-35-23-10-4-18(27)5-11-23)29-30-26(31)36-17-25(32)28-19-6-12-21(33-2)13-7-19/h4-15H,3,16-17H2,1-2H3,(H,28,32). The molecule has 186 valence electrons. The van der Waals surface area contributed by atoms with Crippen molar-refractivity contribution in [3.05, 3.63) is 83.6 Å². The predicted octanol–water partition coefficient (Wildman–Crippen LogP) is 5.64. The van der Waals surface area contributed by atoms with Gasteiger partial charge in [0.1, 0.15) is 23.9 Å². The van der Waals surface area contributed by atoms with Crippen molar-refractivity contribution in [3.8, 4) is 22.9 Å². The van der Waals surface area contributed by atoms with Gasteiger partial charge < -0.3 is 19.5 Å². The molecule has 0 spiro atoms. The number of benzene rings is 3. The highest BCUT2D eigenvalue weighted by molar-refractivity contribution is 7.99. The average molecular weight is 525 g/mol. The van der Waals surface area contributed by atoms with E-state index in [1.54, 1.807) is 55.6 Å². The fraction of sp³-hybridized carbons (Fsp3) is 0.192. The molecule has 1 N–H and O–H groups in total. The van der Waals surface area contributed by atoms with Crippen LogP contribution in [0.25, 0.3) is 5.69 Å². The van der Waals surface area contributed by atoms with Gasteiger partial charge in [-0.15, -0.1) is 10.2 Å². The zero-order valence-electron chi connectivity index (χ0n) is 19.8. The van der Waals surface area contributed by atoms with E-state index < -0.39 is 0 Å². The van der Waals surface area contributed by atoms with Crippen molar-refractivity contribution in [2.75, 3.05) is 24.8 Å². The van der Waals surface area contributed by atoms with Crippen molar-refractivity contribution in [1.82, 2.24) is 14.8 Å². The van der Waals surface area contributed by atoms with Gasteiger partial charge in [0.15, 0.2) is 11.0 Å². The van der Waals surface area contributed by atoms with Crippen molar-refractivity contribution in [3.63, 3.8) is 0 Å². The minimum absolute atomic E-state index is 0.152. The molecule has 36 heavy (non-hydrogen) atoms. The largest absolute Gasteiger partial charge is 0.497 e. The van der Waals surface area contributed by atoms with E-state index in [4.69, 9.17) is 25.8 Å². The number of methoxy groups -OCH3 is 1. The Kier molecular flexibility index (Phi) is 8.70. The van der Waals surface area contributed by atoms with Gasteiger partial charge in [0.05, 0.1) is 19.5 Å². The Morgan fingerprint density at radius 1 is 0.917 bits per heavy atom. The molecule has 4 aromatic rings. The molecule has 1 amide bonds. The lowest BCUT2D eigenvalue weighted by Crippen LogP contribution is -2.14. The summed E-state index contributed by atoms with van der Waals surface area (Å²) in [5, 5.41) is 12.7. The van der Waals surface area contributed by atoms with Gasteiger partial charge in [-0.25, -0.2) is 0 Å². The minimum atomic E-state index is -0.162. The van der Waals surface area contributed by atoms with E-state index in [1.807, 2.05) is 35.8 Å². The highest BCUT2D eigenvalue weighted by Gasteiger charge is 2.17. The van der Waals surface area contributed by atoms with E-state index in [0.29, 0.717) is 34.0 Å². The predicted molar refractivity (Wildman–Crippen MR) is 141 cm³/mol. The van der Waals surface area contributed by atoms with E-state index in [9.17, 15) is 4.79 Å². The lowest BCUT2D eigenvalue weighted by Gasteiger charge is -2.12. The maximum atomic E-state index is 12.6. The quantitative estimate of drug-likeness (QED) is 0.254. The summed E-state index contributed by atoms with van der Waals surface area (Å²) in [6, 6.07) is 21.9. The van der Waals surface area contributed by atoms with Crippen LogP contribution in [0.1, 0.15) is 12.7 Å². The van der Waals surface area contributed by atoms with Crippen LogP contribution in [-0.4, -0.2) is 40.1 Å². The fourth-order valence-corrected chi connectivity index (χ4v) is 4.18. The maximum absolute atomic E-state index is 12.6. The number of carbonyl (C=O) groups is 1. The Morgan fingerprint density at radius 3 is 2.22 bits per heavy atom. The molecule has 0 saturated carbocycles. The summed E-state index contributed by atoms with van der Waals surface area (Å²) in [5.41, 5.74) is 1.52. The molecule has 3 aromatic carbocycles. The third kappa shape index (κ3) is 6.71. The minimum Gasteiger partial charge on any atom is -0.497 e. The molecule has 1 aromatic heterocycles. The zero-order valence-corrected chi connectivity index (χ0v) is 21.4. The topological polar surface area (TPSA) is 87.5 Å².